The SMILES string of the molecule is CC(C)CCN(C)c1nc(Cl)ncc1[N+](=O)[O-]. The molecule has 0 N–H and O–H groups in total. The van der Waals surface area contributed by atoms with E-state index in [2.05, 4.69) is 23.8 Å². The summed E-state index contributed by atoms with van der Waals surface area (Å²) < 4.78 is 0. The van der Waals surface area contributed by atoms with E-state index in [9.17, 15) is 10.1 Å². The molecule has 0 spiro atoms. The Bertz CT molecular complexity index is 411. The number of halogens is 1. The van der Waals surface area contributed by atoms with Crippen molar-refractivity contribution < 1.29 is 4.92 Å². The van der Waals surface area contributed by atoms with Crippen LogP contribution in [0.5, 0.6) is 0 Å². The van der Waals surface area contributed by atoms with Gasteiger partial charge < -0.3 is 4.90 Å². The second kappa shape index (κ2) is 5.77. The molecule has 0 radical (unpaired) electrons. The summed E-state index contributed by atoms with van der Waals surface area (Å²) in [5.74, 6) is 0.782. The molecule has 0 unspecified atom stereocenters. The molecule has 1 aromatic heterocycles. The fourth-order valence-electron chi connectivity index (χ4n) is 1.31. The molecule has 1 heterocycles. The van der Waals surface area contributed by atoms with Crippen molar-refractivity contribution >= 4 is 23.1 Å². The van der Waals surface area contributed by atoms with Crippen LogP contribution in [0.15, 0.2) is 6.20 Å². The first-order chi connectivity index (χ1) is 7.91. The highest BCUT2D eigenvalue weighted by molar-refractivity contribution is 6.28. The van der Waals surface area contributed by atoms with Crippen molar-refractivity contribution in [2.45, 2.75) is 20.3 Å². The Hall–Kier alpha value is -1.43. The molecule has 0 amide bonds. The molecule has 6 nitrogen and oxygen atoms in total. The first-order valence-electron chi connectivity index (χ1n) is 5.30. The predicted octanol–water partition coefficient (Wildman–Crippen LogP) is 2.52. The van der Waals surface area contributed by atoms with Crippen LogP contribution in [-0.4, -0.2) is 28.5 Å². The first kappa shape index (κ1) is 13.6. The molecule has 0 aliphatic carbocycles. The molecular formula is C10H15ClN4O2. The van der Waals surface area contributed by atoms with Crippen LogP contribution < -0.4 is 4.90 Å². The maximum atomic E-state index is 10.8. The molecule has 7 heteroatoms. The van der Waals surface area contributed by atoms with Crippen LogP contribution in [0.3, 0.4) is 0 Å². The Morgan fingerprint density at radius 1 is 1.59 bits per heavy atom. The molecule has 0 bridgehead atoms. The summed E-state index contributed by atoms with van der Waals surface area (Å²) in [5.41, 5.74) is -0.124. The number of hydrogen-bond acceptors (Lipinski definition) is 5. The van der Waals surface area contributed by atoms with Crippen LogP contribution >= 0.6 is 11.6 Å². The van der Waals surface area contributed by atoms with Crippen molar-refractivity contribution in [3.63, 3.8) is 0 Å². The number of rotatable bonds is 5. The summed E-state index contributed by atoms with van der Waals surface area (Å²) in [4.78, 5) is 19.6. The Balaban J connectivity index is 2.94. The van der Waals surface area contributed by atoms with Gasteiger partial charge in [0.1, 0.15) is 6.20 Å². The van der Waals surface area contributed by atoms with E-state index < -0.39 is 4.92 Å². The quantitative estimate of drug-likeness (QED) is 0.461. The monoisotopic (exact) mass is 258 g/mol. The number of nitrogens with zero attached hydrogens (tertiary/aromatic N) is 4. The van der Waals surface area contributed by atoms with Gasteiger partial charge in [0.05, 0.1) is 4.92 Å². The Kier molecular flexibility index (Phi) is 4.62. The van der Waals surface area contributed by atoms with E-state index in [-0.39, 0.29) is 16.8 Å². The summed E-state index contributed by atoms with van der Waals surface area (Å²) in [6.07, 6.45) is 2.06. The van der Waals surface area contributed by atoms with Gasteiger partial charge in [0.25, 0.3) is 0 Å². The first-order valence-corrected chi connectivity index (χ1v) is 5.67. The molecule has 17 heavy (non-hydrogen) atoms. The van der Waals surface area contributed by atoms with Gasteiger partial charge in [-0.2, -0.15) is 4.98 Å². The summed E-state index contributed by atoms with van der Waals surface area (Å²) in [7, 11) is 1.76. The van der Waals surface area contributed by atoms with Gasteiger partial charge in [0.15, 0.2) is 0 Å². The highest BCUT2D eigenvalue weighted by Crippen LogP contribution is 2.25. The molecule has 0 aromatic carbocycles. The smallest absolute Gasteiger partial charge is 0.329 e. The van der Waals surface area contributed by atoms with Gasteiger partial charge in [-0.3, -0.25) is 10.1 Å². The predicted molar refractivity (Wildman–Crippen MR) is 66.4 cm³/mol. The lowest BCUT2D eigenvalue weighted by atomic mass is 10.1. The van der Waals surface area contributed by atoms with Gasteiger partial charge in [0, 0.05) is 13.6 Å². The molecule has 1 aromatic rings. The highest BCUT2D eigenvalue weighted by atomic mass is 35.5. The number of aromatic nitrogens is 2. The van der Waals surface area contributed by atoms with Crippen molar-refractivity contribution in [2.75, 3.05) is 18.5 Å². The molecular weight excluding hydrogens is 244 g/mol. The summed E-state index contributed by atoms with van der Waals surface area (Å²) >= 11 is 5.66. The minimum Gasteiger partial charge on any atom is -0.354 e. The maximum absolute atomic E-state index is 10.8. The average molecular weight is 259 g/mol. The van der Waals surface area contributed by atoms with Crippen molar-refractivity contribution in [1.82, 2.24) is 9.97 Å². The van der Waals surface area contributed by atoms with Gasteiger partial charge in [-0.25, -0.2) is 4.98 Å². The van der Waals surface area contributed by atoms with E-state index in [0.717, 1.165) is 12.6 Å². The molecule has 0 saturated carbocycles. The summed E-state index contributed by atoms with van der Waals surface area (Å²) in [6.45, 7) is 4.87. The number of nitro groups is 1. The third-order valence-corrected chi connectivity index (χ3v) is 2.50. The van der Waals surface area contributed by atoms with Gasteiger partial charge >= 0.3 is 5.69 Å². The van der Waals surface area contributed by atoms with Crippen molar-refractivity contribution in [3.8, 4) is 0 Å². The number of hydrogen-bond donors (Lipinski definition) is 0. The summed E-state index contributed by atoms with van der Waals surface area (Å²) in [5, 5.41) is 10.8. The zero-order valence-electron chi connectivity index (χ0n) is 10.1. The van der Waals surface area contributed by atoms with Crippen LogP contribution in [0.1, 0.15) is 20.3 Å². The Morgan fingerprint density at radius 3 is 2.76 bits per heavy atom. The number of anilines is 1. The fraction of sp³-hybridized carbons (Fsp3) is 0.600. The molecule has 0 saturated heterocycles. The van der Waals surface area contributed by atoms with Crippen molar-refractivity contribution in [3.05, 3.63) is 21.6 Å². The van der Waals surface area contributed by atoms with Gasteiger partial charge in [-0.15, -0.1) is 0 Å². The normalized spacial score (nSPS) is 10.6. The molecule has 1 rings (SSSR count). The minimum atomic E-state index is -0.502. The van der Waals surface area contributed by atoms with E-state index in [0.29, 0.717) is 12.5 Å². The van der Waals surface area contributed by atoms with E-state index in [1.165, 1.54) is 0 Å². The second-order valence-electron chi connectivity index (χ2n) is 4.21. The van der Waals surface area contributed by atoms with Gasteiger partial charge in [-0.05, 0) is 23.9 Å². The van der Waals surface area contributed by atoms with Crippen LogP contribution in [0.4, 0.5) is 11.5 Å². The van der Waals surface area contributed by atoms with Crippen LogP contribution in [0.2, 0.25) is 5.28 Å². The topological polar surface area (TPSA) is 72.2 Å². The standard InChI is InChI=1S/C10H15ClN4O2/c1-7(2)4-5-14(3)9-8(15(16)17)6-12-10(11)13-9/h6-7H,4-5H2,1-3H3. The minimum absolute atomic E-state index is 0.0157. The second-order valence-corrected chi connectivity index (χ2v) is 4.55. The lowest BCUT2D eigenvalue weighted by molar-refractivity contribution is -0.384. The largest absolute Gasteiger partial charge is 0.354 e. The third kappa shape index (κ3) is 3.81. The van der Waals surface area contributed by atoms with Crippen LogP contribution in [0.25, 0.3) is 0 Å². The lowest BCUT2D eigenvalue weighted by Gasteiger charge is -2.18. The van der Waals surface area contributed by atoms with Crippen molar-refractivity contribution in [2.24, 2.45) is 5.92 Å². The molecule has 94 valence electrons. The van der Waals surface area contributed by atoms with Crippen LogP contribution in [-0.2, 0) is 0 Å². The van der Waals surface area contributed by atoms with Crippen molar-refractivity contribution in [1.29, 1.82) is 0 Å². The van der Waals surface area contributed by atoms with Gasteiger partial charge in [-0.1, -0.05) is 13.8 Å². The summed E-state index contributed by atoms with van der Waals surface area (Å²) in [6, 6.07) is 0. The molecule has 0 fully saturated rings. The van der Waals surface area contributed by atoms with E-state index in [4.69, 9.17) is 11.6 Å². The Labute approximate surface area is 105 Å². The highest BCUT2D eigenvalue weighted by Gasteiger charge is 2.20. The van der Waals surface area contributed by atoms with E-state index in [1.54, 1.807) is 11.9 Å². The fourth-order valence-corrected chi connectivity index (χ4v) is 1.44. The van der Waals surface area contributed by atoms with E-state index in [1.807, 2.05) is 0 Å². The average Bonchev–Trinajstić information content (AvgIpc) is 2.25. The molecule has 0 aliphatic rings. The Morgan fingerprint density at radius 2 is 2.24 bits per heavy atom. The van der Waals surface area contributed by atoms with Gasteiger partial charge in [0.2, 0.25) is 11.1 Å². The lowest BCUT2D eigenvalue weighted by Crippen LogP contribution is -2.22. The zero-order chi connectivity index (χ0) is 13.0. The maximum Gasteiger partial charge on any atom is 0.329 e. The van der Waals surface area contributed by atoms with Crippen LogP contribution in [0, 0.1) is 16.0 Å². The van der Waals surface area contributed by atoms with E-state index >= 15 is 0 Å². The molecule has 0 aliphatic heterocycles. The zero-order valence-corrected chi connectivity index (χ0v) is 10.8. The molecule has 0 atom stereocenters. The third-order valence-electron chi connectivity index (χ3n) is 2.32.